The van der Waals surface area contributed by atoms with E-state index in [9.17, 15) is 0 Å². The van der Waals surface area contributed by atoms with Gasteiger partial charge in [0.15, 0.2) is 0 Å². The van der Waals surface area contributed by atoms with Gasteiger partial charge in [-0.1, -0.05) is 20.8 Å². The summed E-state index contributed by atoms with van der Waals surface area (Å²) in [7, 11) is 0. The van der Waals surface area contributed by atoms with Crippen LogP contribution in [0.3, 0.4) is 0 Å². The van der Waals surface area contributed by atoms with Crippen molar-refractivity contribution in [1.29, 1.82) is 0 Å². The Morgan fingerprint density at radius 1 is 1.46 bits per heavy atom. The minimum Gasteiger partial charge on any atom is -0.468 e. The van der Waals surface area contributed by atoms with Gasteiger partial charge in [-0.25, -0.2) is 0 Å². The zero-order valence-corrected chi connectivity index (χ0v) is 8.71. The van der Waals surface area contributed by atoms with Crippen LogP contribution < -0.4 is 5.73 Å². The quantitative estimate of drug-likeness (QED) is 0.778. The van der Waals surface area contributed by atoms with E-state index in [0.29, 0.717) is 5.41 Å². The van der Waals surface area contributed by atoms with E-state index in [4.69, 9.17) is 10.2 Å². The van der Waals surface area contributed by atoms with Crippen molar-refractivity contribution in [3.63, 3.8) is 0 Å². The van der Waals surface area contributed by atoms with Crippen molar-refractivity contribution in [2.45, 2.75) is 39.7 Å². The van der Waals surface area contributed by atoms with Crippen LogP contribution in [-0.4, -0.2) is 0 Å². The molecular weight excluding hydrogens is 162 g/mol. The van der Waals surface area contributed by atoms with Crippen LogP contribution >= 0.6 is 0 Å². The van der Waals surface area contributed by atoms with Gasteiger partial charge in [-0.3, -0.25) is 0 Å². The lowest BCUT2D eigenvalue weighted by atomic mass is 9.88. The first-order valence-corrected chi connectivity index (χ1v) is 4.78. The second-order valence-electron chi connectivity index (χ2n) is 4.72. The van der Waals surface area contributed by atoms with E-state index in [-0.39, 0.29) is 6.04 Å². The SMILES string of the molecule is CC(C)(C)CCC(N)c1ccco1. The molecule has 0 radical (unpaired) electrons. The molecule has 2 heteroatoms. The lowest BCUT2D eigenvalue weighted by molar-refractivity contribution is 0.335. The normalized spacial score (nSPS) is 14.5. The van der Waals surface area contributed by atoms with E-state index in [1.54, 1.807) is 6.26 Å². The first kappa shape index (κ1) is 10.3. The molecule has 2 N–H and O–H groups in total. The van der Waals surface area contributed by atoms with Crippen LogP contribution in [0.5, 0.6) is 0 Å². The summed E-state index contributed by atoms with van der Waals surface area (Å²) in [5.74, 6) is 0.893. The summed E-state index contributed by atoms with van der Waals surface area (Å²) < 4.78 is 5.24. The largest absolute Gasteiger partial charge is 0.468 e. The molecule has 1 aromatic rings. The van der Waals surface area contributed by atoms with Gasteiger partial charge in [-0.15, -0.1) is 0 Å². The fourth-order valence-electron chi connectivity index (χ4n) is 1.23. The van der Waals surface area contributed by atoms with Crippen molar-refractivity contribution in [3.8, 4) is 0 Å². The average Bonchev–Trinajstić information content (AvgIpc) is 2.50. The summed E-state index contributed by atoms with van der Waals surface area (Å²) in [5.41, 5.74) is 6.30. The molecule has 0 saturated heterocycles. The molecule has 2 nitrogen and oxygen atoms in total. The van der Waals surface area contributed by atoms with Crippen LogP contribution in [0, 0.1) is 5.41 Å². The van der Waals surface area contributed by atoms with Crippen molar-refractivity contribution in [2.75, 3.05) is 0 Å². The monoisotopic (exact) mass is 181 g/mol. The van der Waals surface area contributed by atoms with Crippen molar-refractivity contribution in [2.24, 2.45) is 11.1 Å². The highest BCUT2D eigenvalue weighted by molar-refractivity contribution is 5.03. The molecule has 1 rings (SSSR count). The van der Waals surface area contributed by atoms with E-state index in [1.165, 1.54) is 0 Å². The summed E-state index contributed by atoms with van der Waals surface area (Å²) in [6, 6.07) is 3.87. The molecule has 13 heavy (non-hydrogen) atoms. The lowest BCUT2D eigenvalue weighted by Gasteiger charge is -2.19. The summed E-state index contributed by atoms with van der Waals surface area (Å²) in [4.78, 5) is 0. The Balaban J connectivity index is 2.39. The highest BCUT2D eigenvalue weighted by Gasteiger charge is 2.15. The van der Waals surface area contributed by atoms with Gasteiger partial charge < -0.3 is 10.2 Å². The van der Waals surface area contributed by atoms with Gasteiger partial charge in [-0.05, 0) is 30.4 Å². The summed E-state index contributed by atoms with van der Waals surface area (Å²) in [6.45, 7) is 6.67. The van der Waals surface area contributed by atoms with Gasteiger partial charge in [0.2, 0.25) is 0 Å². The maximum atomic E-state index is 5.95. The number of hydrogen-bond donors (Lipinski definition) is 1. The Bertz CT molecular complexity index is 233. The third kappa shape index (κ3) is 3.64. The summed E-state index contributed by atoms with van der Waals surface area (Å²) >= 11 is 0. The molecular formula is C11H19NO. The third-order valence-corrected chi connectivity index (χ3v) is 2.11. The Labute approximate surface area is 80.1 Å². The van der Waals surface area contributed by atoms with E-state index in [1.807, 2.05) is 12.1 Å². The molecule has 1 aromatic heterocycles. The second kappa shape index (κ2) is 3.97. The average molecular weight is 181 g/mol. The molecule has 0 saturated carbocycles. The Morgan fingerprint density at radius 2 is 2.15 bits per heavy atom. The molecule has 0 fully saturated rings. The topological polar surface area (TPSA) is 39.2 Å². The molecule has 1 heterocycles. The Hall–Kier alpha value is -0.760. The highest BCUT2D eigenvalue weighted by atomic mass is 16.3. The van der Waals surface area contributed by atoms with Crippen molar-refractivity contribution >= 4 is 0 Å². The van der Waals surface area contributed by atoms with Gasteiger partial charge in [0.25, 0.3) is 0 Å². The Kier molecular flexibility index (Phi) is 3.15. The van der Waals surface area contributed by atoms with Crippen LogP contribution in [0.1, 0.15) is 45.4 Å². The first-order chi connectivity index (χ1) is 5.99. The smallest absolute Gasteiger partial charge is 0.120 e. The zero-order valence-electron chi connectivity index (χ0n) is 8.71. The van der Waals surface area contributed by atoms with E-state index < -0.39 is 0 Å². The van der Waals surface area contributed by atoms with Gasteiger partial charge in [-0.2, -0.15) is 0 Å². The van der Waals surface area contributed by atoms with Gasteiger partial charge in [0.1, 0.15) is 5.76 Å². The molecule has 1 unspecified atom stereocenters. The zero-order chi connectivity index (χ0) is 9.90. The molecule has 0 spiro atoms. The minimum absolute atomic E-state index is 0.0502. The maximum absolute atomic E-state index is 5.95. The summed E-state index contributed by atoms with van der Waals surface area (Å²) in [5, 5.41) is 0. The predicted octanol–water partition coefficient (Wildman–Crippen LogP) is 3.11. The van der Waals surface area contributed by atoms with Crippen molar-refractivity contribution in [3.05, 3.63) is 24.2 Å². The standard InChI is InChI=1S/C11H19NO/c1-11(2,3)7-6-9(12)10-5-4-8-13-10/h4-5,8-9H,6-7,12H2,1-3H3. The molecule has 0 aliphatic heterocycles. The molecule has 74 valence electrons. The summed E-state index contributed by atoms with van der Waals surface area (Å²) in [6.07, 6.45) is 3.78. The van der Waals surface area contributed by atoms with Crippen molar-refractivity contribution in [1.82, 2.24) is 0 Å². The van der Waals surface area contributed by atoms with Crippen LogP contribution in [0.2, 0.25) is 0 Å². The van der Waals surface area contributed by atoms with E-state index >= 15 is 0 Å². The third-order valence-electron chi connectivity index (χ3n) is 2.11. The first-order valence-electron chi connectivity index (χ1n) is 4.78. The van der Waals surface area contributed by atoms with Crippen LogP contribution in [-0.2, 0) is 0 Å². The fraction of sp³-hybridized carbons (Fsp3) is 0.636. The fourth-order valence-corrected chi connectivity index (χ4v) is 1.23. The van der Waals surface area contributed by atoms with E-state index in [0.717, 1.165) is 18.6 Å². The van der Waals surface area contributed by atoms with Crippen LogP contribution in [0.25, 0.3) is 0 Å². The Morgan fingerprint density at radius 3 is 2.62 bits per heavy atom. The van der Waals surface area contributed by atoms with Crippen LogP contribution in [0.15, 0.2) is 22.8 Å². The predicted molar refractivity (Wildman–Crippen MR) is 54.3 cm³/mol. The van der Waals surface area contributed by atoms with E-state index in [2.05, 4.69) is 20.8 Å². The van der Waals surface area contributed by atoms with Crippen LogP contribution in [0.4, 0.5) is 0 Å². The number of furan rings is 1. The maximum Gasteiger partial charge on any atom is 0.120 e. The molecule has 0 aromatic carbocycles. The molecule has 0 bridgehead atoms. The molecule has 0 aliphatic rings. The molecule has 0 aliphatic carbocycles. The minimum atomic E-state index is 0.0502. The second-order valence-corrected chi connectivity index (χ2v) is 4.72. The number of hydrogen-bond acceptors (Lipinski definition) is 2. The highest BCUT2D eigenvalue weighted by Crippen LogP contribution is 2.25. The molecule has 0 amide bonds. The lowest BCUT2D eigenvalue weighted by Crippen LogP contribution is -2.14. The number of rotatable bonds is 3. The van der Waals surface area contributed by atoms with Gasteiger partial charge >= 0.3 is 0 Å². The van der Waals surface area contributed by atoms with Gasteiger partial charge in [0.05, 0.1) is 12.3 Å². The molecule has 1 atom stereocenters. The van der Waals surface area contributed by atoms with Crippen molar-refractivity contribution < 1.29 is 4.42 Å². The van der Waals surface area contributed by atoms with Gasteiger partial charge in [0, 0.05) is 0 Å². The number of nitrogens with two attached hydrogens (primary N) is 1.